The van der Waals surface area contributed by atoms with E-state index in [0.717, 1.165) is 12.8 Å². The van der Waals surface area contributed by atoms with Crippen molar-refractivity contribution >= 4 is 18.4 Å². The summed E-state index contributed by atoms with van der Waals surface area (Å²) in [7, 11) is 0. The molecule has 0 spiro atoms. The third kappa shape index (κ3) is 1.83. The topological polar surface area (TPSA) is 37.3 Å². The van der Waals surface area contributed by atoms with Gasteiger partial charge < -0.3 is 5.11 Å². The Hall–Kier alpha value is -1.02. The average molecular weight is 199 g/mol. The Morgan fingerprint density at radius 3 is 2.62 bits per heavy atom. The maximum Gasteiger partial charge on any atom is 0.335 e. The molecule has 0 aromatic heterocycles. The highest BCUT2D eigenvalue weighted by Crippen LogP contribution is 2.22. The number of carboxylic acid groups (broad SMARTS) is 1. The summed E-state index contributed by atoms with van der Waals surface area (Å²) in [5.74, 6) is -0.829. The van der Waals surface area contributed by atoms with Crippen LogP contribution in [-0.2, 0) is 12.8 Å². The number of carboxylic acids is 1. The summed E-state index contributed by atoms with van der Waals surface area (Å²) in [6.45, 7) is 0. The largest absolute Gasteiger partial charge is 0.478 e. The second kappa shape index (κ2) is 3.79. The van der Waals surface area contributed by atoms with E-state index in [-0.39, 0.29) is 12.4 Å². The van der Waals surface area contributed by atoms with Gasteiger partial charge in [0.25, 0.3) is 0 Å². The fourth-order valence-corrected chi connectivity index (χ4v) is 1.70. The van der Waals surface area contributed by atoms with Crippen molar-refractivity contribution < 1.29 is 9.90 Å². The molecule has 0 bridgehead atoms. The van der Waals surface area contributed by atoms with Gasteiger partial charge in [0.1, 0.15) is 0 Å². The van der Waals surface area contributed by atoms with Gasteiger partial charge in [0, 0.05) is 0 Å². The number of hydrogen-bond donors (Lipinski definition) is 1. The Kier molecular flexibility index (Phi) is 2.94. The Labute approximate surface area is 83.0 Å². The van der Waals surface area contributed by atoms with Gasteiger partial charge in [0.15, 0.2) is 0 Å². The van der Waals surface area contributed by atoms with Crippen LogP contribution in [0.2, 0.25) is 0 Å². The van der Waals surface area contributed by atoms with Gasteiger partial charge in [-0.2, -0.15) is 0 Å². The third-order valence-electron chi connectivity index (χ3n) is 2.35. The van der Waals surface area contributed by atoms with Crippen molar-refractivity contribution in [3.8, 4) is 0 Å². The van der Waals surface area contributed by atoms with Crippen molar-refractivity contribution in [3.63, 3.8) is 0 Å². The normalized spacial score (nSPS) is 13.2. The second-order valence-corrected chi connectivity index (χ2v) is 3.14. The summed E-state index contributed by atoms with van der Waals surface area (Å²) < 4.78 is 0. The molecule has 0 saturated heterocycles. The van der Waals surface area contributed by atoms with Crippen molar-refractivity contribution in [1.82, 2.24) is 0 Å². The van der Waals surface area contributed by atoms with Gasteiger partial charge in [-0.05, 0) is 42.5 Å². The van der Waals surface area contributed by atoms with Gasteiger partial charge in [-0.15, -0.1) is 12.4 Å². The number of rotatable bonds is 1. The molecule has 0 unspecified atom stereocenters. The third-order valence-corrected chi connectivity index (χ3v) is 2.35. The molecule has 1 aromatic rings. The first-order valence-corrected chi connectivity index (χ1v) is 4.12. The van der Waals surface area contributed by atoms with Gasteiger partial charge >= 0.3 is 5.97 Å². The van der Waals surface area contributed by atoms with E-state index in [1.165, 1.54) is 17.5 Å². The monoisotopic (exact) mass is 198 g/mol. The molecule has 1 aromatic carbocycles. The summed E-state index contributed by atoms with van der Waals surface area (Å²) in [5.41, 5.74) is 2.95. The fraction of sp³-hybridized carbons (Fsp3) is 0.300. The van der Waals surface area contributed by atoms with E-state index in [1.807, 2.05) is 6.07 Å². The lowest BCUT2D eigenvalue weighted by atomic mass is 10.1. The second-order valence-electron chi connectivity index (χ2n) is 3.14. The molecular formula is C10H11ClO2. The minimum atomic E-state index is -0.829. The molecule has 3 heteroatoms. The van der Waals surface area contributed by atoms with Gasteiger partial charge in [0.2, 0.25) is 0 Å². The van der Waals surface area contributed by atoms with Gasteiger partial charge in [-0.1, -0.05) is 6.07 Å². The number of benzene rings is 1. The smallest absolute Gasteiger partial charge is 0.335 e. The van der Waals surface area contributed by atoms with Gasteiger partial charge in [0.05, 0.1) is 5.56 Å². The molecule has 0 aliphatic heterocycles. The van der Waals surface area contributed by atoms with E-state index < -0.39 is 5.97 Å². The summed E-state index contributed by atoms with van der Waals surface area (Å²) in [5, 5.41) is 8.72. The summed E-state index contributed by atoms with van der Waals surface area (Å²) in [4.78, 5) is 10.6. The summed E-state index contributed by atoms with van der Waals surface area (Å²) >= 11 is 0. The molecule has 0 saturated carbocycles. The van der Waals surface area contributed by atoms with Gasteiger partial charge in [-0.25, -0.2) is 4.79 Å². The van der Waals surface area contributed by atoms with E-state index in [4.69, 9.17) is 5.11 Å². The Balaban J connectivity index is 0.000000845. The standard InChI is InChI=1S/C10H10O2.ClH/c11-10(12)9-5-4-7-2-1-3-8(7)6-9;/h4-6H,1-3H2,(H,11,12);1H. The first-order valence-electron chi connectivity index (χ1n) is 4.12. The van der Waals surface area contributed by atoms with Crippen LogP contribution < -0.4 is 0 Å². The minimum absolute atomic E-state index is 0. The highest BCUT2D eigenvalue weighted by Gasteiger charge is 2.12. The molecule has 2 rings (SSSR count). The molecule has 0 heterocycles. The number of carbonyl (C=O) groups is 1. The summed E-state index contributed by atoms with van der Waals surface area (Å²) in [6.07, 6.45) is 3.31. The van der Waals surface area contributed by atoms with Crippen molar-refractivity contribution in [2.45, 2.75) is 19.3 Å². The van der Waals surface area contributed by atoms with Crippen LogP contribution >= 0.6 is 12.4 Å². The molecule has 13 heavy (non-hydrogen) atoms. The van der Waals surface area contributed by atoms with Crippen LogP contribution in [0.5, 0.6) is 0 Å². The first-order chi connectivity index (χ1) is 5.77. The number of hydrogen-bond acceptors (Lipinski definition) is 1. The van der Waals surface area contributed by atoms with Crippen LogP contribution in [0.3, 0.4) is 0 Å². The van der Waals surface area contributed by atoms with Crippen LogP contribution in [0.15, 0.2) is 18.2 Å². The minimum Gasteiger partial charge on any atom is -0.478 e. The zero-order valence-corrected chi connectivity index (χ0v) is 7.93. The summed E-state index contributed by atoms with van der Waals surface area (Å²) in [6, 6.07) is 5.42. The van der Waals surface area contributed by atoms with E-state index in [1.54, 1.807) is 12.1 Å². The SMILES string of the molecule is Cl.O=C(O)c1ccc2c(c1)CCC2. The van der Waals surface area contributed by atoms with Gasteiger partial charge in [-0.3, -0.25) is 0 Å². The van der Waals surface area contributed by atoms with E-state index in [0.29, 0.717) is 5.56 Å². The molecule has 0 radical (unpaired) electrons. The van der Waals surface area contributed by atoms with E-state index >= 15 is 0 Å². The van der Waals surface area contributed by atoms with Crippen LogP contribution in [-0.4, -0.2) is 11.1 Å². The molecule has 70 valence electrons. The highest BCUT2D eigenvalue weighted by molar-refractivity contribution is 5.88. The number of halogens is 1. The maximum atomic E-state index is 10.6. The molecule has 0 amide bonds. The average Bonchev–Trinajstić information content (AvgIpc) is 2.49. The first kappa shape index (κ1) is 10.1. The quantitative estimate of drug-likeness (QED) is 0.752. The Morgan fingerprint density at radius 2 is 1.92 bits per heavy atom. The molecule has 0 atom stereocenters. The molecule has 2 nitrogen and oxygen atoms in total. The zero-order chi connectivity index (χ0) is 8.55. The molecule has 0 fully saturated rings. The zero-order valence-electron chi connectivity index (χ0n) is 7.12. The molecule has 1 aliphatic carbocycles. The Morgan fingerprint density at radius 1 is 1.23 bits per heavy atom. The fourth-order valence-electron chi connectivity index (χ4n) is 1.70. The van der Waals surface area contributed by atoms with Crippen molar-refractivity contribution in [1.29, 1.82) is 0 Å². The lowest BCUT2D eigenvalue weighted by Crippen LogP contribution is -1.97. The molecular weight excluding hydrogens is 188 g/mol. The molecule has 1 aliphatic rings. The lowest BCUT2D eigenvalue weighted by molar-refractivity contribution is 0.0697. The van der Waals surface area contributed by atoms with Crippen LogP contribution in [0.4, 0.5) is 0 Å². The van der Waals surface area contributed by atoms with Crippen LogP contribution in [0, 0.1) is 0 Å². The predicted molar refractivity (Wildman–Crippen MR) is 52.7 cm³/mol. The van der Waals surface area contributed by atoms with E-state index in [9.17, 15) is 4.79 Å². The predicted octanol–water partition coefficient (Wildman–Crippen LogP) is 2.30. The van der Waals surface area contributed by atoms with E-state index in [2.05, 4.69) is 0 Å². The number of aromatic carboxylic acids is 1. The van der Waals surface area contributed by atoms with Crippen molar-refractivity contribution in [2.75, 3.05) is 0 Å². The van der Waals surface area contributed by atoms with Crippen LogP contribution in [0.25, 0.3) is 0 Å². The lowest BCUT2D eigenvalue weighted by Gasteiger charge is -1.99. The highest BCUT2D eigenvalue weighted by atomic mass is 35.5. The number of fused-ring (bicyclic) bond motifs is 1. The Bertz CT molecular complexity index is 334. The molecule has 1 N–H and O–H groups in total. The van der Waals surface area contributed by atoms with Crippen molar-refractivity contribution in [3.05, 3.63) is 34.9 Å². The van der Waals surface area contributed by atoms with Crippen LogP contribution in [0.1, 0.15) is 27.9 Å². The number of aryl methyl sites for hydroxylation is 2. The van der Waals surface area contributed by atoms with Crippen molar-refractivity contribution in [2.24, 2.45) is 0 Å². The maximum absolute atomic E-state index is 10.6.